The Balaban J connectivity index is 1.27. The summed E-state index contributed by atoms with van der Waals surface area (Å²) >= 11 is 0. The smallest absolute Gasteiger partial charge is 0.408 e. The van der Waals surface area contributed by atoms with Crippen LogP contribution in [0.4, 0.5) is 9.18 Å². The summed E-state index contributed by atoms with van der Waals surface area (Å²) in [7, 11) is 0. The second kappa shape index (κ2) is 10.1. The lowest BCUT2D eigenvalue weighted by Crippen LogP contribution is -2.45. The molecule has 196 valence electrons. The number of alkyl carbamates (subject to hydrolysis) is 1. The number of amides is 1. The molecule has 8 heteroatoms. The third-order valence-corrected chi connectivity index (χ3v) is 7.94. The fourth-order valence-electron chi connectivity index (χ4n) is 6.55. The van der Waals surface area contributed by atoms with Crippen LogP contribution >= 0.6 is 0 Å². The molecule has 3 aliphatic rings. The number of benzene rings is 1. The lowest BCUT2D eigenvalue weighted by molar-refractivity contribution is 0.0488. The molecule has 0 spiro atoms. The number of nitrogens with one attached hydrogen (secondary N) is 2. The quantitative estimate of drug-likeness (QED) is 0.600. The molecule has 0 aliphatic carbocycles. The van der Waals surface area contributed by atoms with Crippen LogP contribution in [0.15, 0.2) is 24.3 Å². The van der Waals surface area contributed by atoms with Gasteiger partial charge in [0, 0.05) is 49.9 Å². The first kappa shape index (κ1) is 25.2. The molecule has 7 nitrogen and oxygen atoms in total. The lowest BCUT2D eigenvalue weighted by atomic mass is 9.95. The number of nitrogens with zero attached hydrogens (tertiary/aromatic N) is 3. The molecule has 2 bridgehead atoms. The molecular weight excluding hydrogens is 457 g/mol. The Morgan fingerprint density at radius 2 is 2.00 bits per heavy atom. The summed E-state index contributed by atoms with van der Waals surface area (Å²) in [6.45, 7) is 10.5. The number of piperidine rings is 1. The summed E-state index contributed by atoms with van der Waals surface area (Å²) in [6.07, 6.45) is 6.00. The molecule has 0 radical (unpaired) electrons. The topological polar surface area (TPSA) is 71.4 Å². The van der Waals surface area contributed by atoms with E-state index in [2.05, 4.69) is 27.0 Å². The molecule has 2 aromatic rings. The highest BCUT2D eigenvalue weighted by Crippen LogP contribution is 2.42. The van der Waals surface area contributed by atoms with Crippen molar-refractivity contribution in [1.29, 1.82) is 0 Å². The van der Waals surface area contributed by atoms with E-state index in [1.54, 1.807) is 6.07 Å². The van der Waals surface area contributed by atoms with E-state index in [0.717, 1.165) is 50.3 Å². The number of carbonyl (C=O) groups excluding carboxylic acids is 1. The molecule has 1 amide bonds. The predicted molar refractivity (Wildman–Crippen MR) is 137 cm³/mol. The molecule has 2 N–H and O–H groups in total. The maximum atomic E-state index is 14.0. The monoisotopic (exact) mass is 497 g/mol. The molecule has 1 aromatic carbocycles. The molecule has 3 atom stereocenters. The first-order chi connectivity index (χ1) is 17.2. The van der Waals surface area contributed by atoms with Gasteiger partial charge in [0.15, 0.2) is 0 Å². The Morgan fingerprint density at radius 1 is 1.25 bits per heavy atom. The van der Waals surface area contributed by atoms with Crippen LogP contribution in [-0.4, -0.2) is 51.3 Å². The van der Waals surface area contributed by atoms with E-state index < -0.39 is 11.7 Å². The number of imidazole rings is 1. The molecule has 5 rings (SSSR count). The van der Waals surface area contributed by atoms with E-state index in [1.165, 1.54) is 36.4 Å². The number of carbonyl (C=O) groups is 1. The van der Waals surface area contributed by atoms with Gasteiger partial charge < -0.3 is 19.9 Å². The fourth-order valence-corrected chi connectivity index (χ4v) is 6.55. The third-order valence-electron chi connectivity index (χ3n) is 7.94. The van der Waals surface area contributed by atoms with Gasteiger partial charge in [0.1, 0.15) is 17.2 Å². The van der Waals surface area contributed by atoms with Gasteiger partial charge in [0.2, 0.25) is 0 Å². The Labute approximate surface area is 213 Å². The SMILES string of the molecule is Cc1nc2c(n1C1CC3CCC(C1)N3CC[C@H](NC(=O)OC(C)(C)C)c1cccc(F)c1)CCNC2. The minimum absolute atomic E-state index is 0.293. The summed E-state index contributed by atoms with van der Waals surface area (Å²) < 4.78 is 22.1. The van der Waals surface area contributed by atoms with Crippen LogP contribution in [0, 0.1) is 12.7 Å². The first-order valence-electron chi connectivity index (χ1n) is 13.5. The number of aromatic nitrogens is 2. The summed E-state index contributed by atoms with van der Waals surface area (Å²) in [4.78, 5) is 20.1. The molecule has 2 fully saturated rings. The van der Waals surface area contributed by atoms with Crippen molar-refractivity contribution >= 4 is 6.09 Å². The van der Waals surface area contributed by atoms with Gasteiger partial charge in [0.05, 0.1) is 11.7 Å². The minimum Gasteiger partial charge on any atom is -0.444 e. The first-order valence-corrected chi connectivity index (χ1v) is 13.5. The van der Waals surface area contributed by atoms with Crippen molar-refractivity contribution in [2.45, 2.75) is 103 Å². The van der Waals surface area contributed by atoms with Crippen molar-refractivity contribution in [2.24, 2.45) is 0 Å². The summed E-state index contributed by atoms with van der Waals surface area (Å²) in [5.41, 5.74) is 2.84. The number of fused-ring (bicyclic) bond motifs is 3. The van der Waals surface area contributed by atoms with Crippen LogP contribution in [-0.2, 0) is 17.7 Å². The second-order valence-electron chi connectivity index (χ2n) is 11.6. The minimum atomic E-state index is -0.585. The number of hydrogen-bond acceptors (Lipinski definition) is 5. The lowest BCUT2D eigenvalue weighted by Gasteiger charge is -2.41. The van der Waals surface area contributed by atoms with Gasteiger partial charge in [0.25, 0.3) is 0 Å². The molecule has 4 heterocycles. The number of rotatable bonds is 6. The van der Waals surface area contributed by atoms with Crippen molar-refractivity contribution in [2.75, 3.05) is 13.1 Å². The van der Waals surface area contributed by atoms with Crippen LogP contribution in [0.3, 0.4) is 0 Å². The Morgan fingerprint density at radius 3 is 2.69 bits per heavy atom. The van der Waals surface area contributed by atoms with E-state index in [0.29, 0.717) is 24.5 Å². The van der Waals surface area contributed by atoms with Crippen molar-refractivity contribution < 1.29 is 13.9 Å². The van der Waals surface area contributed by atoms with Crippen LogP contribution in [0.2, 0.25) is 0 Å². The van der Waals surface area contributed by atoms with E-state index in [-0.39, 0.29) is 11.9 Å². The Bertz CT molecular complexity index is 1080. The van der Waals surface area contributed by atoms with Gasteiger partial charge in [-0.15, -0.1) is 0 Å². The molecule has 0 saturated carbocycles. The van der Waals surface area contributed by atoms with Crippen molar-refractivity contribution in [3.05, 3.63) is 52.9 Å². The van der Waals surface area contributed by atoms with Gasteiger partial charge in [-0.25, -0.2) is 14.2 Å². The number of aryl methyl sites for hydroxylation is 1. The maximum Gasteiger partial charge on any atom is 0.408 e. The van der Waals surface area contributed by atoms with Crippen molar-refractivity contribution in [1.82, 2.24) is 25.1 Å². The number of hydrogen-bond donors (Lipinski definition) is 2. The molecular formula is C28H40FN5O2. The van der Waals surface area contributed by atoms with Crippen LogP contribution in [0.1, 0.15) is 87.7 Å². The van der Waals surface area contributed by atoms with E-state index in [9.17, 15) is 9.18 Å². The fraction of sp³-hybridized carbons (Fsp3) is 0.643. The number of halogens is 1. The molecule has 3 aliphatic heterocycles. The molecule has 2 saturated heterocycles. The zero-order chi connectivity index (χ0) is 25.4. The van der Waals surface area contributed by atoms with Crippen LogP contribution in [0.25, 0.3) is 0 Å². The van der Waals surface area contributed by atoms with Gasteiger partial charge in [-0.3, -0.25) is 4.90 Å². The van der Waals surface area contributed by atoms with E-state index >= 15 is 0 Å². The third kappa shape index (κ3) is 5.44. The highest BCUT2D eigenvalue weighted by atomic mass is 19.1. The Hall–Kier alpha value is -2.45. The van der Waals surface area contributed by atoms with Crippen molar-refractivity contribution in [3.8, 4) is 0 Å². The molecule has 1 aromatic heterocycles. The van der Waals surface area contributed by atoms with Crippen LogP contribution in [0.5, 0.6) is 0 Å². The van der Waals surface area contributed by atoms with Gasteiger partial charge >= 0.3 is 6.09 Å². The van der Waals surface area contributed by atoms with Gasteiger partial charge in [-0.2, -0.15) is 0 Å². The average molecular weight is 498 g/mol. The van der Waals surface area contributed by atoms with Gasteiger partial charge in [-0.05, 0) is 77.5 Å². The standard InChI is InChI=1S/C28H40FN5O2/c1-18-31-25-17-30-12-10-26(25)34(18)23-15-21-8-9-22(16-23)33(21)13-11-24(19-6-5-7-20(29)14-19)32-27(35)36-28(2,3)4/h5-7,14,21-24,30H,8-13,15-17H2,1-4H3,(H,32,35)/t21?,22?,23?,24-/m0/s1. The number of ether oxygens (including phenoxy) is 1. The summed E-state index contributed by atoms with van der Waals surface area (Å²) in [6, 6.07) is 7.80. The summed E-state index contributed by atoms with van der Waals surface area (Å²) in [5.74, 6) is 0.855. The predicted octanol–water partition coefficient (Wildman–Crippen LogP) is 4.80. The second-order valence-corrected chi connectivity index (χ2v) is 11.6. The highest BCUT2D eigenvalue weighted by molar-refractivity contribution is 5.68. The van der Waals surface area contributed by atoms with Crippen molar-refractivity contribution in [3.63, 3.8) is 0 Å². The summed E-state index contributed by atoms with van der Waals surface area (Å²) in [5, 5.41) is 6.45. The van der Waals surface area contributed by atoms with Gasteiger partial charge in [-0.1, -0.05) is 12.1 Å². The Kier molecular flexibility index (Phi) is 7.10. The van der Waals surface area contributed by atoms with E-state index in [4.69, 9.17) is 9.72 Å². The zero-order valence-electron chi connectivity index (χ0n) is 22.0. The normalized spacial score (nSPS) is 24.9. The molecule has 2 unspecified atom stereocenters. The zero-order valence-corrected chi connectivity index (χ0v) is 22.0. The van der Waals surface area contributed by atoms with E-state index in [1.807, 2.05) is 26.8 Å². The highest BCUT2D eigenvalue weighted by Gasteiger charge is 2.42. The van der Waals surface area contributed by atoms with Crippen LogP contribution < -0.4 is 10.6 Å². The maximum absolute atomic E-state index is 14.0. The largest absolute Gasteiger partial charge is 0.444 e. The average Bonchev–Trinajstić information content (AvgIpc) is 3.26. The molecule has 36 heavy (non-hydrogen) atoms.